The summed E-state index contributed by atoms with van der Waals surface area (Å²) < 4.78 is 5.37. The van der Waals surface area contributed by atoms with Crippen LogP contribution in [0.2, 0.25) is 0 Å². The van der Waals surface area contributed by atoms with E-state index in [0.29, 0.717) is 0 Å². The molecule has 1 aliphatic heterocycles. The third-order valence-corrected chi connectivity index (χ3v) is 4.17. The van der Waals surface area contributed by atoms with Gasteiger partial charge in [0.25, 0.3) is 0 Å². The van der Waals surface area contributed by atoms with Crippen LogP contribution in [-0.2, 0) is 6.42 Å². The zero-order valence-corrected chi connectivity index (χ0v) is 12.9. The summed E-state index contributed by atoms with van der Waals surface area (Å²) in [7, 11) is 1.69. The lowest BCUT2D eigenvalue weighted by Crippen LogP contribution is -2.16. The molecule has 2 aromatic carbocycles. The number of aromatic nitrogens is 2. The highest BCUT2D eigenvalue weighted by Gasteiger charge is 2.25. The molecule has 114 valence electrons. The van der Waals surface area contributed by atoms with E-state index in [9.17, 15) is 0 Å². The van der Waals surface area contributed by atoms with Crippen molar-refractivity contribution in [2.45, 2.75) is 6.42 Å². The van der Waals surface area contributed by atoms with E-state index < -0.39 is 0 Å². The van der Waals surface area contributed by atoms with Gasteiger partial charge in [-0.3, -0.25) is 0 Å². The number of rotatable bonds is 3. The monoisotopic (exact) mass is 303 g/mol. The van der Waals surface area contributed by atoms with E-state index in [1.54, 1.807) is 19.5 Å². The second-order valence-electron chi connectivity index (χ2n) is 5.50. The number of fused-ring (bicyclic) bond motifs is 1. The molecule has 0 bridgehead atoms. The van der Waals surface area contributed by atoms with Gasteiger partial charge in [-0.05, 0) is 35.7 Å². The van der Waals surface area contributed by atoms with Crippen molar-refractivity contribution in [1.29, 1.82) is 0 Å². The molecule has 4 heteroatoms. The second kappa shape index (κ2) is 5.72. The van der Waals surface area contributed by atoms with Gasteiger partial charge in [0.05, 0.1) is 12.8 Å². The van der Waals surface area contributed by atoms with Gasteiger partial charge >= 0.3 is 0 Å². The van der Waals surface area contributed by atoms with Crippen molar-refractivity contribution >= 4 is 11.6 Å². The number of ether oxygens (including phenoxy) is 1. The fraction of sp³-hybridized carbons (Fsp3) is 0.158. The van der Waals surface area contributed by atoms with Gasteiger partial charge in [0.2, 0.25) is 5.95 Å². The molecule has 2 heterocycles. The molecular weight excluding hydrogens is 286 g/mol. The summed E-state index contributed by atoms with van der Waals surface area (Å²) in [5, 5.41) is 0. The predicted molar refractivity (Wildman–Crippen MR) is 91.2 cm³/mol. The minimum absolute atomic E-state index is 0.751. The molecule has 0 saturated heterocycles. The number of hydrogen-bond donors (Lipinski definition) is 0. The molecule has 1 aliphatic rings. The normalized spacial score (nSPS) is 13.0. The number of nitrogens with zero attached hydrogens (tertiary/aromatic N) is 3. The Kier molecular flexibility index (Phi) is 3.42. The highest BCUT2D eigenvalue weighted by atomic mass is 16.5. The maximum atomic E-state index is 5.37. The highest BCUT2D eigenvalue weighted by Crippen LogP contribution is 2.41. The predicted octanol–water partition coefficient (Wildman–Crippen LogP) is 3.85. The van der Waals surface area contributed by atoms with Gasteiger partial charge in [0.1, 0.15) is 5.75 Å². The van der Waals surface area contributed by atoms with Crippen LogP contribution in [0.25, 0.3) is 11.1 Å². The Labute approximate surface area is 135 Å². The molecule has 23 heavy (non-hydrogen) atoms. The number of hydrogen-bond acceptors (Lipinski definition) is 4. The molecule has 0 saturated carbocycles. The third kappa shape index (κ3) is 2.42. The van der Waals surface area contributed by atoms with E-state index in [4.69, 9.17) is 4.74 Å². The Hall–Kier alpha value is -2.88. The number of benzene rings is 2. The lowest BCUT2D eigenvalue weighted by atomic mass is 10.00. The average molecular weight is 303 g/mol. The summed E-state index contributed by atoms with van der Waals surface area (Å²) >= 11 is 0. The lowest BCUT2D eigenvalue weighted by Gasteiger charge is -2.20. The topological polar surface area (TPSA) is 38.2 Å². The molecule has 0 fully saturated rings. The summed E-state index contributed by atoms with van der Waals surface area (Å²) in [5.41, 5.74) is 4.86. The first kappa shape index (κ1) is 13.8. The van der Waals surface area contributed by atoms with Crippen LogP contribution in [0.15, 0.2) is 60.9 Å². The van der Waals surface area contributed by atoms with E-state index in [1.165, 1.54) is 16.8 Å². The van der Waals surface area contributed by atoms with Crippen molar-refractivity contribution in [3.8, 4) is 16.9 Å². The van der Waals surface area contributed by atoms with Crippen LogP contribution in [0.3, 0.4) is 0 Å². The average Bonchev–Trinajstić information content (AvgIpc) is 3.06. The number of anilines is 2. The molecule has 0 amide bonds. The SMILES string of the molecule is COc1cccc(-c2cccc3c2N(c2ncccn2)CC3)c1. The molecule has 4 nitrogen and oxygen atoms in total. The maximum Gasteiger partial charge on any atom is 0.229 e. The first-order chi connectivity index (χ1) is 11.4. The van der Waals surface area contributed by atoms with E-state index in [0.717, 1.165) is 30.2 Å². The van der Waals surface area contributed by atoms with E-state index >= 15 is 0 Å². The Morgan fingerprint density at radius 2 is 1.83 bits per heavy atom. The molecule has 0 unspecified atom stereocenters. The third-order valence-electron chi connectivity index (χ3n) is 4.17. The van der Waals surface area contributed by atoms with Crippen LogP contribution in [0, 0.1) is 0 Å². The van der Waals surface area contributed by atoms with Crippen molar-refractivity contribution < 1.29 is 4.74 Å². The Bertz CT molecular complexity index is 833. The smallest absolute Gasteiger partial charge is 0.229 e. The quantitative estimate of drug-likeness (QED) is 0.736. The van der Waals surface area contributed by atoms with Crippen LogP contribution >= 0.6 is 0 Å². The summed E-state index contributed by atoms with van der Waals surface area (Å²) in [5.74, 6) is 1.61. The summed E-state index contributed by atoms with van der Waals surface area (Å²) in [6.45, 7) is 0.903. The van der Waals surface area contributed by atoms with Gasteiger partial charge in [-0.2, -0.15) is 0 Å². The van der Waals surface area contributed by atoms with Crippen molar-refractivity contribution in [3.05, 3.63) is 66.5 Å². The number of methoxy groups -OCH3 is 1. The van der Waals surface area contributed by atoms with Crippen LogP contribution in [0.4, 0.5) is 11.6 Å². The summed E-state index contributed by atoms with van der Waals surface area (Å²) in [4.78, 5) is 11.0. The van der Waals surface area contributed by atoms with Crippen LogP contribution in [-0.4, -0.2) is 23.6 Å². The van der Waals surface area contributed by atoms with Gasteiger partial charge in [-0.25, -0.2) is 9.97 Å². The van der Waals surface area contributed by atoms with Gasteiger partial charge < -0.3 is 9.64 Å². The van der Waals surface area contributed by atoms with Crippen molar-refractivity contribution in [1.82, 2.24) is 9.97 Å². The fourth-order valence-corrected chi connectivity index (χ4v) is 3.11. The molecular formula is C19H17N3O. The van der Waals surface area contributed by atoms with Crippen molar-refractivity contribution in [3.63, 3.8) is 0 Å². The van der Waals surface area contributed by atoms with Gasteiger partial charge in [-0.15, -0.1) is 0 Å². The number of para-hydroxylation sites is 1. The minimum atomic E-state index is 0.751. The zero-order chi connectivity index (χ0) is 15.6. The van der Waals surface area contributed by atoms with Gasteiger partial charge in [-0.1, -0.05) is 30.3 Å². The standard InChI is InChI=1S/C19H17N3O/c1-23-16-7-2-6-15(13-16)17-8-3-5-14-9-12-22(18(14)17)19-20-10-4-11-21-19/h2-8,10-11,13H,9,12H2,1H3. The van der Waals surface area contributed by atoms with E-state index in [-0.39, 0.29) is 0 Å². The zero-order valence-electron chi connectivity index (χ0n) is 12.9. The summed E-state index contributed by atoms with van der Waals surface area (Å²) in [6, 6.07) is 16.4. The molecule has 0 radical (unpaired) electrons. The molecule has 4 rings (SSSR count). The first-order valence-corrected chi connectivity index (χ1v) is 7.68. The minimum Gasteiger partial charge on any atom is -0.497 e. The van der Waals surface area contributed by atoms with Crippen LogP contribution in [0.1, 0.15) is 5.56 Å². The maximum absolute atomic E-state index is 5.37. The summed E-state index contributed by atoms with van der Waals surface area (Å²) in [6.07, 6.45) is 4.58. The van der Waals surface area contributed by atoms with Crippen molar-refractivity contribution in [2.75, 3.05) is 18.6 Å². The van der Waals surface area contributed by atoms with E-state index in [1.807, 2.05) is 18.2 Å². The molecule has 0 N–H and O–H groups in total. The first-order valence-electron chi connectivity index (χ1n) is 7.68. The molecule has 3 aromatic rings. The largest absolute Gasteiger partial charge is 0.497 e. The Balaban J connectivity index is 1.86. The van der Waals surface area contributed by atoms with Gasteiger partial charge in [0.15, 0.2) is 0 Å². The lowest BCUT2D eigenvalue weighted by molar-refractivity contribution is 0.415. The van der Waals surface area contributed by atoms with Gasteiger partial charge in [0, 0.05) is 24.5 Å². The van der Waals surface area contributed by atoms with E-state index in [2.05, 4.69) is 45.2 Å². The Morgan fingerprint density at radius 3 is 2.65 bits per heavy atom. The molecule has 0 spiro atoms. The fourth-order valence-electron chi connectivity index (χ4n) is 3.11. The molecule has 0 aliphatic carbocycles. The van der Waals surface area contributed by atoms with Crippen molar-refractivity contribution in [2.24, 2.45) is 0 Å². The highest BCUT2D eigenvalue weighted by molar-refractivity contribution is 5.85. The molecule has 1 aromatic heterocycles. The van der Waals surface area contributed by atoms with Crippen LogP contribution < -0.4 is 9.64 Å². The van der Waals surface area contributed by atoms with Crippen LogP contribution in [0.5, 0.6) is 5.75 Å². The second-order valence-corrected chi connectivity index (χ2v) is 5.50. The Morgan fingerprint density at radius 1 is 1.00 bits per heavy atom. The molecule has 0 atom stereocenters.